The Morgan fingerprint density at radius 3 is 2.45 bits per heavy atom. The van der Waals surface area contributed by atoms with E-state index >= 15 is 0 Å². The molecule has 2 unspecified atom stereocenters. The van der Waals surface area contributed by atoms with E-state index in [9.17, 15) is 13.6 Å². The van der Waals surface area contributed by atoms with E-state index in [-0.39, 0.29) is 30.2 Å². The number of fused-ring (bicyclic) bond motifs is 2. The second-order valence-corrected chi connectivity index (χ2v) is 5.31. The van der Waals surface area contributed by atoms with Crippen LogP contribution in [0.15, 0.2) is 18.2 Å². The summed E-state index contributed by atoms with van der Waals surface area (Å²) in [6.07, 6.45) is 1.97. The molecule has 2 atom stereocenters. The summed E-state index contributed by atoms with van der Waals surface area (Å²) in [7, 11) is 0. The normalized spacial score (nSPS) is 24.8. The lowest BCUT2D eigenvalue weighted by Gasteiger charge is -2.35. The third-order valence-corrected chi connectivity index (χ3v) is 4.09. The molecule has 4 nitrogen and oxygen atoms in total. The maximum absolute atomic E-state index is 13.5. The van der Waals surface area contributed by atoms with Crippen LogP contribution >= 0.6 is 0 Å². The summed E-state index contributed by atoms with van der Waals surface area (Å²) in [6.45, 7) is 1.46. The molecule has 1 aromatic rings. The molecule has 6 heteroatoms. The van der Waals surface area contributed by atoms with Crippen LogP contribution in [0.4, 0.5) is 13.6 Å². The first-order chi connectivity index (χ1) is 9.66. The Hall–Kier alpha value is -1.69. The van der Waals surface area contributed by atoms with E-state index in [0.717, 1.165) is 25.9 Å². The number of nitrogens with zero attached hydrogens (tertiary/aromatic N) is 1. The minimum Gasteiger partial charge on any atom is -0.334 e. The van der Waals surface area contributed by atoms with Gasteiger partial charge in [0, 0.05) is 30.7 Å². The number of carbonyl (C=O) groups excluding carboxylic acids is 1. The average Bonchev–Trinajstić information content (AvgIpc) is 2.68. The van der Waals surface area contributed by atoms with Gasteiger partial charge in [-0.15, -0.1) is 0 Å². The van der Waals surface area contributed by atoms with Crippen LogP contribution in [0.1, 0.15) is 18.4 Å². The molecule has 2 aliphatic rings. The first-order valence-corrected chi connectivity index (χ1v) is 6.86. The number of rotatable bonds is 2. The van der Waals surface area contributed by atoms with Crippen LogP contribution in [-0.2, 0) is 6.54 Å². The van der Waals surface area contributed by atoms with Gasteiger partial charge in [-0.1, -0.05) is 6.07 Å². The maximum atomic E-state index is 13.5. The van der Waals surface area contributed by atoms with Crippen molar-refractivity contribution in [1.29, 1.82) is 0 Å². The summed E-state index contributed by atoms with van der Waals surface area (Å²) in [4.78, 5) is 14.0. The minimum atomic E-state index is -0.631. The predicted octanol–water partition coefficient (Wildman–Crippen LogP) is 1.61. The van der Waals surface area contributed by atoms with Gasteiger partial charge in [-0.05, 0) is 25.0 Å². The van der Waals surface area contributed by atoms with Gasteiger partial charge < -0.3 is 15.5 Å². The van der Waals surface area contributed by atoms with Crippen LogP contribution in [0.2, 0.25) is 0 Å². The zero-order chi connectivity index (χ0) is 14.1. The van der Waals surface area contributed by atoms with Crippen LogP contribution in [0, 0.1) is 11.6 Å². The Morgan fingerprint density at radius 2 is 1.85 bits per heavy atom. The van der Waals surface area contributed by atoms with E-state index in [1.54, 1.807) is 0 Å². The quantitative estimate of drug-likeness (QED) is 0.865. The van der Waals surface area contributed by atoms with Crippen molar-refractivity contribution in [2.45, 2.75) is 31.5 Å². The lowest BCUT2D eigenvalue weighted by Crippen LogP contribution is -2.56. The highest BCUT2D eigenvalue weighted by molar-refractivity contribution is 5.75. The van der Waals surface area contributed by atoms with Crippen molar-refractivity contribution < 1.29 is 13.6 Å². The second-order valence-electron chi connectivity index (χ2n) is 5.31. The molecule has 0 spiro atoms. The van der Waals surface area contributed by atoms with Gasteiger partial charge in [0.15, 0.2) is 0 Å². The van der Waals surface area contributed by atoms with Crippen LogP contribution in [0.5, 0.6) is 0 Å². The lowest BCUT2D eigenvalue weighted by atomic mass is 10.2. The van der Waals surface area contributed by atoms with Gasteiger partial charge in [-0.25, -0.2) is 13.6 Å². The van der Waals surface area contributed by atoms with E-state index in [1.165, 1.54) is 18.2 Å². The number of urea groups is 1. The molecule has 2 bridgehead atoms. The van der Waals surface area contributed by atoms with Crippen LogP contribution in [-0.4, -0.2) is 36.1 Å². The van der Waals surface area contributed by atoms with E-state index < -0.39 is 11.6 Å². The summed E-state index contributed by atoms with van der Waals surface area (Å²) in [5.41, 5.74) is -0.0941. The van der Waals surface area contributed by atoms with E-state index in [1.807, 2.05) is 4.90 Å². The Morgan fingerprint density at radius 1 is 1.25 bits per heavy atom. The van der Waals surface area contributed by atoms with Gasteiger partial charge >= 0.3 is 6.03 Å². The smallest absolute Gasteiger partial charge is 0.318 e. The first kappa shape index (κ1) is 13.3. The number of carbonyl (C=O) groups is 1. The Balaban J connectivity index is 1.65. The molecule has 2 saturated heterocycles. The standard InChI is InChI=1S/C14H17F2N3O/c15-12-2-1-3-13(16)11(12)8-18-14(20)19-9-4-5-10(19)7-17-6-9/h1-3,9-10,17H,4-8H2,(H,18,20). The second kappa shape index (κ2) is 5.36. The van der Waals surface area contributed by atoms with E-state index in [2.05, 4.69) is 10.6 Å². The SMILES string of the molecule is O=C(NCc1c(F)cccc1F)N1C2CCC1CNC2. The summed E-state index contributed by atoms with van der Waals surface area (Å²) >= 11 is 0. The number of hydrogen-bond acceptors (Lipinski definition) is 2. The Kier molecular flexibility index (Phi) is 3.56. The fourth-order valence-corrected chi connectivity index (χ4v) is 3.07. The van der Waals surface area contributed by atoms with Gasteiger partial charge in [-0.3, -0.25) is 0 Å². The van der Waals surface area contributed by atoms with Gasteiger partial charge in [0.2, 0.25) is 0 Å². The fraction of sp³-hybridized carbons (Fsp3) is 0.500. The first-order valence-electron chi connectivity index (χ1n) is 6.86. The van der Waals surface area contributed by atoms with E-state index in [4.69, 9.17) is 0 Å². The van der Waals surface area contributed by atoms with Crippen molar-refractivity contribution in [3.63, 3.8) is 0 Å². The molecule has 108 valence electrons. The molecule has 20 heavy (non-hydrogen) atoms. The highest BCUT2D eigenvalue weighted by Crippen LogP contribution is 2.26. The van der Waals surface area contributed by atoms with Crippen LogP contribution < -0.4 is 10.6 Å². The lowest BCUT2D eigenvalue weighted by molar-refractivity contribution is 0.154. The molecule has 2 heterocycles. The fourth-order valence-electron chi connectivity index (χ4n) is 3.07. The van der Waals surface area contributed by atoms with Crippen molar-refractivity contribution in [1.82, 2.24) is 15.5 Å². The molecule has 2 amide bonds. The van der Waals surface area contributed by atoms with Crippen molar-refractivity contribution in [2.75, 3.05) is 13.1 Å². The van der Waals surface area contributed by atoms with Crippen molar-refractivity contribution >= 4 is 6.03 Å². The monoisotopic (exact) mass is 281 g/mol. The minimum absolute atomic E-state index is 0.0941. The van der Waals surface area contributed by atoms with Crippen molar-refractivity contribution in [2.24, 2.45) is 0 Å². The summed E-state index contributed by atoms with van der Waals surface area (Å²) in [5.74, 6) is -1.26. The number of piperazine rings is 1. The number of amides is 2. The highest BCUT2D eigenvalue weighted by atomic mass is 19.1. The molecular formula is C14H17F2N3O. The van der Waals surface area contributed by atoms with Gasteiger partial charge in [0.25, 0.3) is 0 Å². The maximum Gasteiger partial charge on any atom is 0.318 e. The van der Waals surface area contributed by atoms with Gasteiger partial charge in [0.1, 0.15) is 11.6 Å². The van der Waals surface area contributed by atoms with Crippen LogP contribution in [0.25, 0.3) is 0 Å². The van der Waals surface area contributed by atoms with E-state index in [0.29, 0.717) is 0 Å². The number of hydrogen-bond donors (Lipinski definition) is 2. The molecule has 0 aliphatic carbocycles. The molecule has 0 saturated carbocycles. The molecule has 1 aromatic carbocycles. The highest BCUT2D eigenvalue weighted by Gasteiger charge is 2.39. The van der Waals surface area contributed by atoms with Crippen molar-refractivity contribution in [3.05, 3.63) is 35.4 Å². The molecular weight excluding hydrogens is 264 g/mol. The number of nitrogens with one attached hydrogen (secondary N) is 2. The number of benzene rings is 1. The van der Waals surface area contributed by atoms with Crippen molar-refractivity contribution in [3.8, 4) is 0 Å². The molecule has 0 aromatic heterocycles. The van der Waals surface area contributed by atoms with Gasteiger partial charge in [-0.2, -0.15) is 0 Å². The Labute approximate surface area is 116 Å². The zero-order valence-corrected chi connectivity index (χ0v) is 11.0. The summed E-state index contributed by atoms with van der Waals surface area (Å²) in [5, 5.41) is 5.91. The Bertz CT molecular complexity index is 487. The summed E-state index contributed by atoms with van der Waals surface area (Å²) < 4.78 is 27.0. The molecule has 2 N–H and O–H groups in total. The molecule has 3 rings (SSSR count). The third-order valence-electron chi connectivity index (χ3n) is 4.09. The van der Waals surface area contributed by atoms with Crippen LogP contribution in [0.3, 0.4) is 0 Å². The summed E-state index contributed by atoms with van der Waals surface area (Å²) in [6, 6.07) is 3.85. The molecule has 0 radical (unpaired) electrons. The molecule has 2 aliphatic heterocycles. The molecule has 2 fully saturated rings. The number of halogens is 2. The zero-order valence-electron chi connectivity index (χ0n) is 11.0. The van der Waals surface area contributed by atoms with Gasteiger partial charge in [0.05, 0.1) is 6.54 Å². The largest absolute Gasteiger partial charge is 0.334 e. The third kappa shape index (κ3) is 2.35. The predicted molar refractivity (Wildman–Crippen MR) is 70.1 cm³/mol. The average molecular weight is 281 g/mol. The topological polar surface area (TPSA) is 44.4 Å².